The maximum atomic E-state index is 13.6. The second-order valence-electron chi connectivity index (χ2n) is 9.75. The van der Waals surface area contributed by atoms with E-state index >= 15 is 0 Å². The number of rotatable bonds is 7. The van der Waals surface area contributed by atoms with Crippen LogP contribution in [0.4, 0.5) is 4.79 Å². The molecule has 9 heteroatoms. The van der Waals surface area contributed by atoms with Gasteiger partial charge in [0.15, 0.2) is 0 Å². The van der Waals surface area contributed by atoms with Crippen molar-refractivity contribution in [2.24, 2.45) is 0 Å². The third-order valence-corrected chi connectivity index (χ3v) is 10.1. The van der Waals surface area contributed by atoms with Gasteiger partial charge in [0.1, 0.15) is 0 Å². The Hall–Kier alpha value is -2.39. The summed E-state index contributed by atoms with van der Waals surface area (Å²) in [6, 6.07) is 9.86. The molecule has 2 N–H and O–H groups in total. The number of amides is 3. The zero-order valence-corrected chi connectivity index (χ0v) is 20.6. The zero-order chi connectivity index (χ0) is 24.2. The molecule has 3 aliphatic rings. The van der Waals surface area contributed by atoms with Crippen molar-refractivity contribution in [1.29, 1.82) is 0 Å². The van der Waals surface area contributed by atoms with Crippen molar-refractivity contribution < 1.29 is 18.0 Å². The number of hydrogen-bond acceptors (Lipinski definition) is 4. The molecule has 0 bridgehead atoms. The number of nitrogens with one attached hydrogen (secondary N) is 2. The molecule has 1 aromatic carbocycles. The van der Waals surface area contributed by atoms with Crippen molar-refractivity contribution in [3.63, 3.8) is 0 Å². The van der Waals surface area contributed by atoms with Gasteiger partial charge >= 0.3 is 6.03 Å². The molecule has 186 valence electrons. The van der Waals surface area contributed by atoms with E-state index in [0.29, 0.717) is 51.9 Å². The van der Waals surface area contributed by atoms with Crippen LogP contribution in [0.1, 0.15) is 50.5 Å². The summed E-state index contributed by atoms with van der Waals surface area (Å²) in [5, 5.41) is 5.46. The number of urea groups is 1. The molecule has 1 aliphatic carbocycles. The van der Waals surface area contributed by atoms with Crippen molar-refractivity contribution in [2.45, 2.75) is 68.2 Å². The quantitative estimate of drug-likeness (QED) is 0.576. The summed E-state index contributed by atoms with van der Waals surface area (Å²) in [6.45, 7) is 5.39. The van der Waals surface area contributed by atoms with E-state index in [-0.39, 0.29) is 23.5 Å². The fourth-order valence-corrected chi connectivity index (χ4v) is 7.92. The van der Waals surface area contributed by atoms with Gasteiger partial charge < -0.3 is 15.5 Å². The Morgan fingerprint density at radius 1 is 1.09 bits per heavy atom. The predicted octanol–water partition coefficient (Wildman–Crippen LogP) is 2.42. The monoisotopic (exact) mass is 488 g/mol. The van der Waals surface area contributed by atoms with Gasteiger partial charge in [0.05, 0.1) is 5.25 Å². The maximum absolute atomic E-state index is 13.6. The number of likely N-dealkylation sites (tertiary alicyclic amines) is 1. The molecule has 0 aromatic heterocycles. The number of hydrogen-bond donors (Lipinski definition) is 2. The molecular weight excluding hydrogens is 452 g/mol. The van der Waals surface area contributed by atoms with E-state index in [1.807, 2.05) is 30.3 Å². The summed E-state index contributed by atoms with van der Waals surface area (Å²) in [5.41, 5.74) is 0.799. The lowest BCUT2D eigenvalue weighted by molar-refractivity contribution is -0.117. The molecule has 1 atom stereocenters. The number of piperidine rings is 2. The first-order chi connectivity index (χ1) is 16.3. The Morgan fingerprint density at radius 3 is 2.41 bits per heavy atom. The first kappa shape index (κ1) is 24.7. The summed E-state index contributed by atoms with van der Waals surface area (Å²) < 4.78 is 29.0. The maximum Gasteiger partial charge on any atom is 0.317 e. The van der Waals surface area contributed by atoms with E-state index in [9.17, 15) is 18.0 Å². The highest BCUT2D eigenvalue weighted by Crippen LogP contribution is 2.47. The second kappa shape index (κ2) is 10.5. The van der Waals surface area contributed by atoms with E-state index in [1.165, 1.54) is 11.6 Å². The molecule has 3 fully saturated rings. The van der Waals surface area contributed by atoms with Gasteiger partial charge in [-0.3, -0.25) is 4.79 Å². The van der Waals surface area contributed by atoms with Crippen LogP contribution in [-0.2, 0) is 21.2 Å². The number of carbonyl (C=O) groups excluding carboxylic acids is 2. The van der Waals surface area contributed by atoms with Crippen LogP contribution in [0.5, 0.6) is 0 Å². The van der Waals surface area contributed by atoms with Crippen molar-refractivity contribution in [2.75, 3.05) is 26.2 Å². The number of sulfonamides is 1. The number of nitrogens with zero attached hydrogens (tertiary/aromatic N) is 2. The Labute approximate surface area is 202 Å². The largest absolute Gasteiger partial charge is 0.350 e. The van der Waals surface area contributed by atoms with Crippen LogP contribution in [-0.4, -0.2) is 72.6 Å². The van der Waals surface area contributed by atoms with E-state index in [0.717, 1.165) is 25.7 Å². The number of benzene rings is 1. The molecule has 2 aliphatic heterocycles. The molecule has 2 saturated heterocycles. The van der Waals surface area contributed by atoms with Crippen LogP contribution in [0, 0.1) is 0 Å². The van der Waals surface area contributed by atoms with Crippen LogP contribution in [0.3, 0.4) is 0 Å². The van der Waals surface area contributed by atoms with Crippen LogP contribution in [0.25, 0.3) is 0 Å². The fourth-order valence-electron chi connectivity index (χ4n) is 5.60. The normalized spacial score (nSPS) is 23.2. The SMILES string of the molecule is C=CC(=O)NC1CCN(S(=O)(=O)C2CCN(C(=O)NCCc3ccccc3)CC2)C2(CCC2)C1. The molecule has 1 spiro atoms. The first-order valence-electron chi connectivity index (χ1n) is 12.4. The third kappa shape index (κ3) is 5.30. The van der Waals surface area contributed by atoms with Gasteiger partial charge in [-0.1, -0.05) is 36.9 Å². The molecule has 8 nitrogen and oxygen atoms in total. The lowest BCUT2D eigenvalue weighted by Crippen LogP contribution is -2.65. The fraction of sp³-hybridized carbons (Fsp3) is 0.600. The highest BCUT2D eigenvalue weighted by molar-refractivity contribution is 7.89. The van der Waals surface area contributed by atoms with Crippen molar-refractivity contribution in [1.82, 2.24) is 19.8 Å². The Morgan fingerprint density at radius 2 is 1.79 bits per heavy atom. The van der Waals surface area contributed by atoms with Crippen molar-refractivity contribution in [3.05, 3.63) is 48.6 Å². The Kier molecular flexibility index (Phi) is 7.62. The third-order valence-electron chi connectivity index (χ3n) is 7.64. The van der Waals surface area contributed by atoms with Gasteiger partial charge in [-0.25, -0.2) is 13.2 Å². The Balaban J connectivity index is 1.29. The second-order valence-corrected chi connectivity index (χ2v) is 11.9. The smallest absolute Gasteiger partial charge is 0.317 e. The lowest BCUT2D eigenvalue weighted by atomic mass is 9.70. The minimum absolute atomic E-state index is 0.0151. The Bertz CT molecular complexity index is 985. The van der Waals surface area contributed by atoms with Gasteiger partial charge in [0.2, 0.25) is 15.9 Å². The van der Waals surface area contributed by atoms with Crippen LogP contribution >= 0.6 is 0 Å². The minimum atomic E-state index is -3.47. The first-order valence-corrected chi connectivity index (χ1v) is 13.9. The van der Waals surface area contributed by atoms with Gasteiger partial charge in [-0.05, 0) is 63.0 Å². The van der Waals surface area contributed by atoms with E-state index in [4.69, 9.17) is 0 Å². The van der Waals surface area contributed by atoms with Gasteiger partial charge in [-0.2, -0.15) is 4.31 Å². The molecule has 3 amide bonds. The molecule has 4 rings (SSSR count). The van der Waals surface area contributed by atoms with Gasteiger partial charge in [0, 0.05) is 37.8 Å². The summed E-state index contributed by atoms with van der Waals surface area (Å²) >= 11 is 0. The molecular formula is C25H36N4O4S. The zero-order valence-electron chi connectivity index (χ0n) is 19.7. The predicted molar refractivity (Wildman–Crippen MR) is 132 cm³/mol. The molecule has 34 heavy (non-hydrogen) atoms. The molecule has 2 heterocycles. The highest BCUT2D eigenvalue weighted by atomic mass is 32.2. The van der Waals surface area contributed by atoms with Crippen molar-refractivity contribution >= 4 is 22.0 Å². The van der Waals surface area contributed by atoms with Crippen LogP contribution in [0.15, 0.2) is 43.0 Å². The van der Waals surface area contributed by atoms with E-state index in [2.05, 4.69) is 17.2 Å². The van der Waals surface area contributed by atoms with Crippen LogP contribution in [0.2, 0.25) is 0 Å². The molecule has 0 radical (unpaired) electrons. The lowest BCUT2D eigenvalue weighted by Gasteiger charge is -2.55. The van der Waals surface area contributed by atoms with E-state index < -0.39 is 15.3 Å². The van der Waals surface area contributed by atoms with Gasteiger partial charge in [-0.15, -0.1) is 0 Å². The van der Waals surface area contributed by atoms with E-state index in [1.54, 1.807) is 9.21 Å². The standard InChI is InChI=1S/C25H36N4O4S/c1-2-23(30)27-21-10-18-29(25(19-21)13-6-14-25)34(32,33)22-11-16-28(17-12-22)24(31)26-15-9-20-7-4-3-5-8-20/h2-5,7-8,21-22H,1,6,9-19H2,(H,26,31)(H,27,30). The molecule has 1 unspecified atom stereocenters. The number of carbonyl (C=O) groups is 2. The van der Waals surface area contributed by atoms with Crippen LogP contribution < -0.4 is 10.6 Å². The summed E-state index contributed by atoms with van der Waals surface area (Å²) in [6.07, 6.45) is 6.92. The van der Waals surface area contributed by atoms with Gasteiger partial charge in [0.25, 0.3) is 0 Å². The topological polar surface area (TPSA) is 98.8 Å². The summed E-state index contributed by atoms with van der Waals surface area (Å²) in [7, 11) is -3.47. The molecule has 1 aromatic rings. The summed E-state index contributed by atoms with van der Waals surface area (Å²) in [5.74, 6) is -0.204. The average Bonchev–Trinajstić information content (AvgIpc) is 2.83. The van der Waals surface area contributed by atoms with Crippen molar-refractivity contribution in [3.8, 4) is 0 Å². The average molecular weight is 489 g/mol. The summed E-state index contributed by atoms with van der Waals surface area (Å²) in [4.78, 5) is 26.0. The highest BCUT2D eigenvalue weighted by Gasteiger charge is 2.53. The molecule has 1 saturated carbocycles. The minimum Gasteiger partial charge on any atom is -0.350 e.